The Bertz CT molecular complexity index is 643. The van der Waals surface area contributed by atoms with Crippen molar-refractivity contribution in [2.75, 3.05) is 13.2 Å². The highest BCUT2D eigenvalue weighted by atomic mass is 32.2. The Morgan fingerprint density at radius 2 is 1.15 bits per heavy atom. The van der Waals surface area contributed by atoms with Crippen molar-refractivity contribution in [1.82, 2.24) is 0 Å². The van der Waals surface area contributed by atoms with Crippen LogP contribution in [0.15, 0.2) is 46.2 Å². The lowest BCUT2D eigenvalue weighted by Crippen LogP contribution is -1.99. The van der Waals surface area contributed by atoms with Crippen molar-refractivity contribution in [2.24, 2.45) is 0 Å². The topological polar surface area (TPSA) is 58.9 Å². The summed E-state index contributed by atoms with van der Waals surface area (Å²) in [5.74, 6) is 1.71. The lowest BCUT2D eigenvalue weighted by molar-refractivity contribution is 0.296. The number of aromatic hydroxyl groups is 2. The van der Waals surface area contributed by atoms with Crippen molar-refractivity contribution in [1.29, 1.82) is 0 Å². The van der Waals surface area contributed by atoms with E-state index in [2.05, 4.69) is 13.8 Å². The van der Waals surface area contributed by atoms with Gasteiger partial charge in [0.05, 0.1) is 23.0 Å². The molecule has 0 saturated heterocycles. The molecule has 0 heterocycles. The Morgan fingerprint density at radius 1 is 0.704 bits per heavy atom. The number of unbranched alkanes of at least 4 members (excludes halogenated alkanes) is 4. The quantitative estimate of drug-likeness (QED) is 0.411. The summed E-state index contributed by atoms with van der Waals surface area (Å²) in [6, 6.07) is 10.3. The van der Waals surface area contributed by atoms with Crippen LogP contribution >= 0.6 is 11.8 Å². The predicted octanol–water partition coefficient (Wildman–Crippen LogP) is 6.39. The molecule has 0 saturated carbocycles. The van der Waals surface area contributed by atoms with Crippen molar-refractivity contribution in [2.45, 2.75) is 62.2 Å². The lowest BCUT2D eigenvalue weighted by atomic mass is 10.2. The van der Waals surface area contributed by atoms with Crippen molar-refractivity contribution in [3.63, 3.8) is 0 Å². The molecular weight excluding hydrogens is 360 g/mol. The highest BCUT2D eigenvalue weighted by Gasteiger charge is 2.12. The van der Waals surface area contributed by atoms with E-state index in [1.54, 1.807) is 24.3 Å². The van der Waals surface area contributed by atoms with Crippen LogP contribution in [0, 0.1) is 0 Å². The molecule has 27 heavy (non-hydrogen) atoms. The molecule has 0 fully saturated rings. The van der Waals surface area contributed by atoms with E-state index in [1.807, 2.05) is 12.1 Å². The Morgan fingerprint density at radius 3 is 1.56 bits per heavy atom. The molecule has 0 aliphatic heterocycles. The van der Waals surface area contributed by atoms with Crippen LogP contribution in [0.1, 0.15) is 52.4 Å². The summed E-state index contributed by atoms with van der Waals surface area (Å²) in [5, 5.41) is 19.6. The van der Waals surface area contributed by atoms with Gasteiger partial charge in [-0.3, -0.25) is 0 Å². The number of hydrogen-bond donors (Lipinski definition) is 2. The number of ether oxygens (including phenoxy) is 2. The maximum atomic E-state index is 9.82. The zero-order valence-electron chi connectivity index (χ0n) is 16.2. The van der Waals surface area contributed by atoms with Crippen LogP contribution in [-0.2, 0) is 0 Å². The third-order valence-electron chi connectivity index (χ3n) is 4.09. The number of phenols is 2. The fourth-order valence-corrected chi connectivity index (χ4v) is 3.52. The van der Waals surface area contributed by atoms with Crippen molar-refractivity contribution in [3.8, 4) is 23.0 Å². The summed E-state index contributed by atoms with van der Waals surface area (Å²) in [5.41, 5.74) is 0. The van der Waals surface area contributed by atoms with Gasteiger partial charge in [0.25, 0.3) is 0 Å². The second-order valence-corrected chi connectivity index (χ2v) is 7.56. The molecule has 2 aromatic rings. The second kappa shape index (κ2) is 11.7. The third-order valence-corrected chi connectivity index (χ3v) is 5.20. The predicted molar refractivity (Wildman–Crippen MR) is 110 cm³/mol. The van der Waals surface area contributed by atoms with Gasteiger partial charge in [0.2, 0.25) is 0 Å². The van der Waals surface area contributed by atoms with Gasteiger partial charge in [-0.15, -0.1) is 0 Å². The van der Waals surface area contributed by atoms with Gasteiger partial charge in [0, 0.05) is 12.1 Å². The molecule has 0 atom stereocenters. The van der Waals surface area contributed by atoms with Gasteiger partial charge in [-0.25, -0.2) is 0 Å². The van der Waals surface area contributed by atoms with E-state index in [1.165, 1.54) is 11.8 Å². The molecular formula is C22H30O4S. The van der Waals surface area contributed by atoms with Gasteiger partial charge in [0.1, 0.15) is 23.0 Å². The van der Waals surface area contributed by atoms with Gasteiger partial charge in [-0.1, -0.05) is 51.3 Å². The first kappa shape index (κ1) is 21.3. The zero-order chi connectivity index (χ0) is 19.5. The first-order valence-electron chi connectivity index (χ1n) is 9.73. The molecule has 0 amide bonds. The number of hydrogen-bond acceptors (Lipinski definition) is 5. The fourth-order valence-electron chi connectivity index (χ4n) is 2.57. The van der Waals surface area contributed by atoms with Crippen LogP contribution in [-0.4, -0.2) is 23.4 Å². The zero-order valence-corrected chi connectivity index (χ0v) is 17.1. The van der Waals surface area contributed by atoms with Crippen molar-refractivity contribution < 1.29 is 19.7 Å². The fraction of sp³-hybridized carbons (Fsp3) is 0.455. The van der Waals surface area contributed by atoms with Crippen molar-refractivity contribution >= 4 is 11.8 Å². The summed E-state index contributed by atoms with van der Waals surface area (Å²) < 4.78 is 11.8. The van der Waals surface area contributed by atoms with Crippen molar-refractivity contribution in [3.05, 3.63) is 36.4 Å². The number of rotatable bonds is 12. The molecule has 4 nitrogen and oxygen atoms in total. The van der Waals surface area contributed by atoms with Gasteiger partial charge < -0.3 is 19.7 Å². The molecule has 0 spiro atoms. The molecule has 0 aliphatic rings. The monoisotopic (exact) mass is 390 g/mol. The SMILES string of the molecule is CCCCCOc1cc(O)ccc1Sc1ccc(O)cc1OCCCCC. The van der Waals surface area contributed by atoms with Crippen LogP contribution in [0.2, 0.25) is 0 Å². The first-order chi connectivity index (χ1) is 13.1. The summed E-state index contributed by atoms with van der Waals surface area (Å²) in [4.78, 5) is 1.82. The van der Waals surface area contributed by atoms with E-state index in [-0.39, 0.29) is 11.5 Å². The largest absolute Gasteiger partial charge is 0.508 e. The Hall–Kier alpha value is -2.01. The summed E-state index contributed by atoms with van der Waals surface area (Å²) >= 11 is 1.51. The number of phenolic OH excluding ortho intramolecular Hbond substituents is 2. The van der Waals surface area contributed by atoms with Crippen LogP contribution in [0.3, 0.4) is 0 Å². The van der Waals surface area contributed by atoms with Crippen LogP contribution in [0.4, 0.5) is 0 Å². The van der Waals surface area contributed by atoms with E-state index in [0.29, 0.717) is 24.7 Å². The number of benzene rings is 2. The van der Waals surface area contributed by atoms with Crippen LogP contribution in [0.25, 0.3) is 0 Å². The highest BCUT2D eigenvalue weighted by Crippen LogP contribution is 2.42. The maximum Gasteiger partial charge on any atom is 0.136 e. The average Bonchev–Trinajstić information content (AvgIpc) is 2.66. The standard InChI is InChI=1S/C22H30O4S/c1-3-5-7-13-25-19-15-17(23)9-11-21(19)27-22-12-10-18(24)16-20(22)26-14-8-6-4-2/h9-12,15-16,23-24H,3-8,13-14H2,1-2H3. The Labute approximate surface area is 166 Å². The van der Waals surface area contributed by atoms with Gasteiger partial charge >= 0.3 is 0 Å². The minimum absolute atomic E-state index is 0.187. The molecule has 2 aromatic carbocycles. The molecule has 0 bridgehead atoms. The van der Waals surface area contributed by atoms with E-state index in [0.717, 1.165) is 48.3 Å². The summed E-state index contributed by atoms with van der Waals surface area (Å²) in [6.45, 7) is 5.56. The molecule has 5 heteroatoms. The third kappa shape index (κ3) is 7.25. The summed E-state index contributed by atoms with van der Waals surface area (Å²) in [6.07, 6.45) is 6.49. The van der Waals surface area contributed by atoms with E-state index in [9.17, 15) is 10.2 Å². The molecule has 148 valence electrons. The minimum atomic E-state index is 0.187. The van der Waals surface area contributed by atoms with E-state index in [4.69, 9.17) is 9.47 Å². The van der Waals surface area contributed by atoms with Gasteiger partial charge in [-0.2, -0.15) is 0 Å². The Kier molecular flexibility index (Phi) is 9.19. The first-order valence-corrected chi connectivity index (χ1v) is 10.5. The smallest absolute Gasteiger partial charge is 0.136 e. The van der Waals surface area contributed by atoms with E-state index >= 15 is 0 Å². The van der Waals surface area contributed by atoms with E-state index < -0.39 is 0 Å². The Balaban J connectivity index is 2.13. The highest BCUT2D eigenvalue weighted by molar-refractivity contribution is 7.99. The normalized spacial score (nSPS) is 10.7. The minimum Gasteiger partial charge on any atom is -0.508 e. The lowest BCUT2D eigenvalue weighted by Gasteiger charge is -2.14. The van der Waals surface area contributed by atoms with Crippen LogP contribution < -0.4 is 9.47 Å². The second-order valence-electron chi connectivity index (χ2n) is 6.48. The molecule has 0 aromatic heterocycles. The maximum absolute atomic E-state index is 9.82. The molecule has 0 radical (unpaired) electrons. The summed E-state index contributed by atoms with van der Waals surface area (Å²) in [7, 11) is 0. The van der Waals surface area contributed by atoms with Crippen LogP contribution in [0.5, 0.6) is 23.0 Å². The van der Waals surface area contributed by atoms with Gasteiger partial charge in [-0.05, 0) is 37.1 Å². The van der Waals surface area contributed by atoms with Gasteiger partial charge in [0.15, 0.2) is 0 Å². The molecule has 2 N–H and O–H groups in total. The molecule has 2 rings (SSSR count). The average molecular weight is 391 g/mol. The molecule has 0 aliphatic carbocycles. The molecule has 0 unspecified atom stereocenters.